The van der Waals surface area contributed by atoms with E-state index in [0.29, 0.717) is 12.3 Å². The van der Waals surface area contributed by atoms with Gasteiger partial charge in [-0.15, -0.1) is 0 Å². The van der Waals surface area contributed by atoms with Gasteiger partial charge in [-0.25, -0.2) is 8.42 Å². The van der Waals surface area contributed by atoms with Gasteiger partial charge >= 0.3 is 0 Å². The molecule has 16 heavy (non-hydrogen) atoms. The average molecular weight is 270 g/mol. The molecule has 1 aliphatic rings. The van der Waals surface area contributed by atoms with Crippen molar-refractivity contribution < 1.29 is 21.0 Å². The molecule has 1 aliphatic heterocycles. The summed E-state index contributed by atoms with van der Waals surface area (Å²) in [5.74, 6) is 0.0177. The molecular formula is C9H18O5S2. The van der Waals surface area contributed by atoms with Crippen LogP contribution in [0.2, 0.25) is 0 Å². The Labute approximate surface area is 97.2 Å². The van der Waals surface area contributed by atoms with Gasteiger partial charge in [0.2, 0.25) is 0 Å². The summed E-state index contributed by atoms with van der Waals surface area (Å²) < 4.78 is 50.4. The van der Waals surface area contributed by atoms with Gasteiger partial charge < -0.3 is 0 Å². The molecule has 96 valence electrons. The van der Waals surface area contributed by atoms with Gasteiger partial charge in [0.15, 0.2) is 9.84 Å². The van der Waals surface area contributed by atoms with Crippen LogP contribution in [0, 0.1) is 5.92 Å². The third-order valence-electron chi connectivity index (χ3n) is 2.54. The molecule has 1 atom stereocenters. The molecule has 0 bridgehead atoms. The minimum absolute atomic E-state index is 0.0512. The SMILES string of the molecule is CC(C)CCOS(=O)(=O)C1CCS(=O)(=O)C1. The summed E-state index contributed by atoms with van der Waals surface area (Å²) in [4.78, 5) is 0. The highest BCUT2D eigenvalue weighted by atomic mass is 32.2. The molecule has 0 aromatic rings. The van der Waals surface area contributed by atoms with Gasteiger partial charge in [-0.3, -0.25) is 4.18 Å². The molecule has 0 amide bonds. The van der Waals surface area contributed by atoms with Crippen molar-refractivity contribution in [3.8, 4) is 0 Å². The highest BCUT2D eigenvalue weighted by Gasteiger charge is 2.37. The molecule has 0 radical (unpaired) electrons. The van der Waals surface area contributed by atoms with Crippen LogP contribution >= 0.6 is 0 Å². The maximum atomic E-state index is 11.6. The van der Waals surface area contributed by atoms with E-state index in [1.165, 1.54) is 0 Å². The Morgan fingerprint density at radius 3 is 2.44 bits per heavy atom. The lowest BCUT2D eigenvalue weighted by Crippen LogP contribution is -2.25. The van der Waals surface area contributed by atoms with Crippen LogP contribution in [0.3, 0.4) is 0 Å². The Bertz CT molecular complexity index is 421. The lowest BCUT2D eigenvalue weighted by atomic mass is 10.2. The summed E-state index contributed by atoms with van der Waals surface area (Å²) in [6, 6.07) is 0. The first-order chi connectivity index (χ1) is 7.23. The largest absolute Gasteiger partial charge is 0.271 e. The average Bonchev–Trinajstić information content (AvgIpc) is 2.45. The summed E-state index contributed by atoms with van der Waals surface area (Å²) in [6.45, 7) is 4.07. The molecular weight excluding hydrogens is 252 g/mol. The van der Waals surface area contributed by atoms with E-state index < -0.39 is 25.2 Å². The van der Waals surface area contributed by atoms with E-state index in [1.807, 2.05) is 13.8 Å². The van der Waals surface area contributed by atoms with Crippen LogP contribution in [0.4, 0.5) is 0 Å². The minimum Gasteiger partial charge on any atom is -0.270 e. The van der Waals surface area contributed by atoms with E-state index >= 15 is 0 Å². The van der Waals surface area contributed by atoms with Gasteiger partial charge in [0.05, 0.1) is 18.1 Å². The van der Waals surface area contributed by atoms with Crippen LogP contribution in [-0.4, -0.2) is 40.2 Å². The topological polar surface area (TPSA) is 77.5 Å². The van der Waals surface area contributed by atoms with Crippen molar-refractivity contribution in [1.82, 2.24) is 0 Å². The second-order valence-electron chi connectivity index (χ2n) is 4.52. The van der Waals surface area contributed by atoms with E-state index in [4.69, 9.17) is 4.18 Å². The van der Waals surface area contributed by atoms with Gasteiger partial charge in [-0.1, -0.05) is 13.8 Å². The van der Waals surface area contributed by atoms with E-state index in [1.54, 1.807) is 0 Å². The zero-order valence-electron chi connectivity index (χ0n) is 9.55. The second kappa shape index (κ2) is 5.01. The van der Waals surface area contributed by atoms with Crippen LogP contribution in [0.1, 0.15) is 26.7 Å². The predicted molar refractivity (Wildman–Crippen MR) is 61.4 cm³/mol. The van der Waals surface area contributed by atoms with Crippen LogP contribution in [0.15, 0.2) is 0 Å². The molecule has 0 saturated carbocycles. The fraction of sp³-hybridized carbons (Fsp3) is 1.00. The van der Waals surface area contributed by atoms with Crippen LogP contribution in [-0.2, 0) is 24.1 Å². The van der Waals surface area contributed by atoms with Crippen molar-refractivity contribution in [3.63, 3.8) is 0 Å². The van der Waals surface area contributed by atoms with Gasteiger partial charge in [-0.05, 0) is 18.8 Å². The molecule has 0 N–H and O–H groups in total. The summed E-state index contributed by atoms with van der Waals surface area (Å²) in [5.41, 5.74) is 0. The summed E-state index contributed by atoms with van der Waals surface area (Å²) in [5, 5.41) is -0.871. The predicted octanol–water partition coefficient (Wildman–Crippen LogP) is 0.566. The van der Waals surface area contributed by atoms with E-state index in [-0.39, 0.29) is 24.5 Å². The van der Waals surface area contributed by atoms with E-state index in [0.717, 1.165) is 0 Å². The van der Waals surface area contributed by atoms with Gasteiger partial charge in [0.25, 0.3) is 10.1 Å². The van der Waals surface area contributed by atoms with Crippen molar-refractivity contribution in [2.75, 3.05) is 18.1 Å². The summed E-state index contributed by atoms with van der Waals surface area (Å²) >= 11 is 0. The van der Waals surface area contributed by atoms with Crippen LogP contribution in [0.25, 0.3) is 0 Å². The van der Waals surface area contributed by atoms with Gasteiger partial charge in [0, 0.05) is 0 Å². The quantitative estimate of drug-likeness (QED) is 0.682. The van der Waals surface area contributed by atoms with Crippen LogP contribution < -0.4 is 0 Å². The molecule has 0 spiro atoms. The molecule has 1 unspecified atom stereocenters. The van der Waals surface area contributed by atoms with Crippen molar-refractivity contribution in [1.29, 1.82) is 0 Å². The summed E-state index contributed by atoms with van der Waals surface area (Å²) in [6.07, 6.45) is 0.811. The molecule has 1 fully saturated rings. The number of sulfone groups is 1. The Morgan fingerprint density at radius 2 is 2.00 bits per heavy atom. The van der Waals surface area contributed by atoms with Crippen molar-refractivity contribution in [2.24, 2.45) is 5.92 Å². The van der Waals surface area contributed by atoms with Crippen LogP contribution in [0.5, 0.6) is 0 Å². The first-order valence-corrected chi connectivity index (χ1v) is 8.61. The second-order valence-corrected chi connectivity index (χ2v) is 8.64. The first kappa shape index (κ1) is 13.9. The lowest BCUT2D eigenvalue weighted by Gasteiger charge is -2.10. The van der Waals surface area contributed by atoms with Gasteiger partial charge in [0.1, 0.15) is 5.25 Å². The van der Waals surface area contributed by atoms with Crippen molar-refractivity contribution in [2.45, 2.75) is 31.9 Å². The Kier molecular flexibility index (Phi) is 4.36. The maximum Gasteiger partial charge on any atom is 0.271 e. The fourth-order valence-corrected chi connectivity index (χ4v) is 5.39. The van der Waals surface area contributed by atoms with E-state index in [9.17, 15) is 16.8 Å². The lowest BCUT2D eigenvalue weighted by molar-refractivity contribution is 0.288. The zero-order valence-corrected chi connectivity index (χ0v) is 11.2. The third-order valence-corrected chi connectivity index (χ3v) is 6.23. The maximum absolute atomic E-state index is 11.6. The van der Waals surface area contributed by atoms with Crippen molar-refractivity contribution in [3.05, 3.63) is 0 Å². The summed E-state index contributed by atoms with van der Waals surface area (Å²) in [7, 11) is -6.89. The number of hydrogen-bond donors (Lipinski definition) is 0. The monoisotopic (exact) mass is 270 g/mol. The van der Waals surface area contributed by atoms with Crippen molar-refractivity contribution >= 4 is 20.0 Å². The Morgan fingerprint density at radius 1 is 1.38 bits per heavy atom. The molecule has 5 nitrogen and oxygen atoms in total. The molecule has 1 rings (SSSR count). The molecule has 0 aromatic carbocycles. The first-order valence-electron chi connectivity index (χ1n) is 5.31. The molecule has 1 saturated heterocycles. The highest BCUT2D eigenvalue weighted by molar-refractivity contribution is 7.94. The third kappa shape index (κ3) is 4.03. The zero-order chi connectivity index (χ0) is 12.4. The Hall–Kier alpha value is -0.140. The Balaban J connectivity index is 2.52. The molecule has 0 aliphatic carbocycles. The molecule has 1 heterocycles. The van der Waals surface area contributed by atoms with Gasteiger partial charge in [-0.2, -0.15) is 8.42 Å². The van der Waals surface area contributed by atoms with E-state index in [2.05, 4.69) is 0 Å². The molecule has 7 heteroatoms. The molecule has 0 aromatic heterocycles. The fourth-order valence-electron chi connectivity index (χ4n) is 1.48. The normalized spacial score (nSPS) is 25.1. The number of rotatable bonds is 5. The number of hydrogen-bond acceptors (Lipinski definition) is 5. The highest BCUT2D eigenvalue weighted by Crippen LogP contribution is 2.20. The minimum atomic E-state index is -3.71. The standard InChI is InChI=1S/C9H18O5S2/c1-8(2)3-5-14-16(12,13)9-4-6-15(10,11)7-9/h8-9H,3-7H2,1-2H3. The smallest absolute Gasteiger partial charge is 0.270 e.